The molecular formula is C22H28O6. The number of ketones is 1. The Bertz CT molecular complexity index is 853. The molecule has 6 heteroatoms. The Balaban J connectivity index is 1.91. The maximum Gasteiger partial charge on any atom is 0.303 e. The molecular weight excluding hydrogens is 360 g/mol. The predicted molar refractivity (Wildman–Crippen MR) is 100.0 cm³/mol. The van der Waals surface area contributed by atoms with Crippen LogP contribution in [-0.4, -0.2) is 45.1 Å². The largest absolute Gasteiger partial charge is 0.458 e. The lowest BCUT2D eigenvalue weighted by Gasteiger charge is -2.50. The first-order valence-corrected chi connectivity index (χ1v) is 9.89. The van der Waals surface area contributed by atoms with Crippen molar-refractivity contribution < 1.29 is 29.3 Å². The van der Waals surface area contributed by atoms with Gasteiger partial charge in [0, 0.05) is 36.5 Å². The van der Waals surface area contributed by atoms with Crippen molar-refractivity contribution in [3.63, 3.8) is 0 Å². The van der Waals surface area contributed by atoms with Gasteiger partial charge < -0.3 is 14.9 Å². The quantitative estimate of drug-likeness (QED) is 0.552. The SMILES string of the molecule is CC(=O)OC12CC(C)C3(O)C(C=C(C=O)CC4(O)C(=O)C(C)=CC43)C1C2(C)C. The highest BCUT2D eigenvalue weighted by atomic mass is 16.6. The topological polar surface area (TPSA) is 101 Å². The third-order valence-electron chi connectivity index (χ3n) is 8.10. The van der Waals surface area contributed by atoms with E-state index in [9.17, 15) is 24.6 Å². The number of aliphatic hydroxyl groups is 2. The van der Waals surface area contributed by atoms with Gasteiger partial charge in [-0.3, -0.25) is 14.4 Å². The molecule has 28 heavy (non-hydrogen) atoms. The highest BCUT2D eigenvalue weighted by Crippen LogP contribution is 2.76. The van der Waals surface area contributed by atoms with Crippen LogP contribution in [0.15, 0.2) is 23.3 Å². The summed E-state index contributed by atoms with van der Waals surface area (Å²) in [7, 11) is 0. The molecule has 4 aliphatic carbocycles. The van der Waals surface area contributed by atoms with Gasteiger partial charge in [-0.1, -0.05) is 32.9 Å². The number of rotatable bonds is 2. The number of fused-ring (bicyclic) bond motifs is 5. The molecule has 0 amide bonds. The molecule has 2 saturated carbocycles. The van der Waals surface area contributed by atoms with Gasteiger partial charge in [-0.05, 0) is 30.4 Å². The van der Waals surface area contributed by atoms with E-state index in [0.717, 1.165) is 0 Å². The summed E-state index contributed by atoms with van der Waals surface area (Å²) in [4.78, 5) is 36.4. The van der Waals surface area contributed by atoms with Gasteiger partial charge in [0.05, 0.1) is 5.60 Å². The Morgan fingerprint density at radius 2 is 1.93 bits per heavy atom. The minimum absolute atomic E-state index is 0.118. The standard InChI is InChI=1S/C22H28O6/c1-11-6-16-20(26,18(11)25)9-14(10-23)7-15-17-19(4,5)21(17,28-13(3)24)8-12(2)22(15,16)27/h6-7,10,12,15-17,26-27H,8-9H2,1-5H3. The molecule has 7 unspecified atom stereocenters. The second-order valence-corrected chi connectivity index (χ2v) is 9.82. The van der Waals surface area contributed by atoms with Gasteiger partial charge in [-0.2, -0.15) is 0 Å². The van der Waals surface area contributed by atoms with Crippen molar-refractivity contribution in [1.82, 2.24) is 0 Å². The van der Waals surface area contributed by atoms with Crippen molar-refractivity contribution in [3.05, 3.63) is 23.3 Å². The first-order valence-electron chi connectivity index (χ1n) is 9.89. The van der Waals surface area contributed by atoms with Crippen LogP contribution < -0.4 is 0 Å². The summed E-state index contributed by atoms with van der Waals surface area (Å²) < 4.78 is 5.81. The first-order chi connectivity index (χ1) is 12.9. The summed E-state index contributed by atoms with van der Waals surface area (Å²) >= 11 is 0. The molecule has 0 bridgehead atoms. The van der Waals surface area contributed by atoms with Crippen LogP contribution in [0.5, 0.6) is 0 Å². The van der Waals surface area contributed by atoms with Gasteiger partial charge in [-0.25, -0.2) is 0 Å². The second kappa shape index (κ2) is 5.42. The molecule has 0 saturated heterocycles. The first kappa shape index (κ1) is 19.5. The molecule has 0 heterocycles. The van der Waals surface area contributed by atoms with Gasteiger partial charge in [0.1, 0.15) is 17.5 Å². The van der Waals surface area contributed by atoms with Crippen LogP contribution >= 0.6 is 0 Å². The smallest absolute Gasteiger partial charge is 0.303 e. The zero-order chi connectivity index (χ0) is 20.9. The van der Waals surface area contributed by atoms with Gasteiger partial charge in [0.15, 0.2) is 5.78 Å². The molecule has 2 fully saturated rings. The maximum absolute atomic E-state index is 12.8. The van der Waals surface area contributed by atoms with Crippen molar-refractivity contribution in [1.29, 1.82) is 0 Å². The lowest BCUT2D eigenvalue weighted by molar-refractivity contribution is -0.186. The number of ether oxygens (including phenoxy) is 1. The number of esters is 1. The van der Waals surface area contributed by atoms with Crippen LogP contribution in [0.25, 0.3) is 0 Å². The second-order valence-electron chi connectivity index (χ2n) is 9.82. The van der Waals surface area contributed by atoms with Gasteiger partial charge in [-0.15, -0.1) is 0 Å². The van der Waals surface area contributed by atoms with Crippen LogP contribution in [0.1, 0.15) is 47.5 Å². The average Bonchev–Trinajstić information content (AvgIpc) is 2.99. The predicted octanol–water partition coefficient (Wildman–Crippen LogP) is 1.74. The summed E-state index contributed by atoms with van der Waals surface area (Å²) in [6.45, 7) is 8.90. The minimum Gasteiger partial charge on any atom is -0.458 e. The summed E-state index contributed by atoms with van der Waals surface area (Å²) in [6.07, 6.45) is 4.36. The fourth-order valence-electron chi connectivity index (χ4n) is 6.77. The molecule has 2 N–H and O–H groups in total. The Kier molecular flexibility index (Phi) is 3.78. The van der Waals surface area contributed by atoms with E-state index in [-0.39, 0.29) is 24.2 Å². The molecule has 4 rings (SSSR count). The highest BCUT2D eigenvalue weighted by Gasteiger charge is 2.83. The maximum atomic E-state index is 12.8. The van der Waals surface area contributed by atoms with Crippen LogP contribution in [0, 0.1) is 29.1 Å². The van der Waals surface area contributed by atoms with E-state index in [0.29, 0.717) is 23.9 Å². The zero-order valence-electron chi connectivity index (χ0n) is 17.0. The average molecular weight is 388 g/mol. The number of carbonyl (C=O) groups excluding carboxylic acids is 3. The van der Waals surface area contributed by atoms with E-state index in [1.807, 2.05) is 20.8 Å². The lowest BCUT2D eigenvalue weighted by atomic mass is 9.60. The number of aldehydes is 1. The number of hydrogen-bond acceptors (Lipinski definition) is 6. The van der Waals surface area contributed by atoms with E-state index in [4.69, 9.17) is 4.74 Å². The van der Waals surface area contributed by atoms with Crippen molar-refractivity contribution in [2.75, 3.05) is 0 Å². The fourth-order valence-corrected chi connectivity index (χ4v) is 6.77. The normalized spacial score (nSPS) is 48.3. The molecule has 0 radical (unpaired) electrons. The van der Waals surface area contributed by atoms with E-state index in [1.54, 1.807) is 19.1 Å². The molecule has 0 aromatic carbocycles. The van der Waals surface area contributed by atoms with Gasteiger partial charge in [0.25, 0.3) is 0 Å². The molecule has 4 aliphatic rings. The third-order valence-corrected chi connectivity index (χ3v) is 8.10. The Hall–Kier alpha value is -1.79. The fraction of sp³-hybridized carbons (Fsp3) is 0.682. The van der Waals surface area contributed by atoms with Crippen LogP contribution in [-0.2, 0) is 19.1 Å². The Morgan fingerprint density at radius 1 is 1.29 bits per heavy atom. The molecule has 0 aromatic heterocycles. The van der Waals surface area contributed by atoms with Gasteiger partial charge in [0.2, 0.25) is 0 Å². The van der Waals surface area contributed by atoms with E-state index in [1.165, 1.54) is 6.92 Å². The number of carbonyl (C=O) groups is 3. The molecule has 0 spiro atoms. The summed E-state index contributed by atoms with van der Waals surface area (Å²) in [6, 6.07) is 0. The van der Waals surface area contributed by atoms with Crippen molar-refractivity contribution in [2.45, 2.75) is 64.3 Å². The van der Waals surface area contributed by atoms with Crippen LogP contribution in [0.4, 0.5) is 0 Å². The minimum atomic E-state index is -1.82. The molecule has 0 aliphatic heterocycles. The van der Waals surface area contributed by atoms with Crippen molar-refractivity contribution >= 4 is 18.0 Å². The molecule has 152 valence electrons. The van der Waals surface area contributed by atoms with E-state index in [2.05, 4.69) is 0 Å². The van der Waals surface area contributed by atoms with Crippen molar-refractivity contribution in [3.8, 4) is 0 Å². The summed E-state index contributed by atoms with van der Waals surface area (Å²) in [5.41, 5.74) is -3.64. The van der Waals surface area contributed by atoms with Crippen LogP contribution in [0.3, 0.4) is 0 Å². The molecule has 7 atom stereocenters. The zero-order valence-corrected chi connectivity index (χ0v) is 17.0. The van der Waals surface area contributed by atoms with Gasteiger partial charge >= 0.3 is 5.97 Å². The summed E-state index contributed by atoms with van der Waals surface area (Å²) in [5, 5.41) is 23.4. The van der Waals surface area contributed by atoms with Crippen molar-refractivity contribution in [2.24, 2.45) is 29.1 Å². The number of hydrogen-bond donors (Lipinski definition) is 2. The Labute approximate surface area is 164 Å². The van der Waals surface area contributed by atoms with E-state index < -0.39 is 39.8 Å². The Morgan fingerprint density at radius 3 is 2.50 bits per heavy atom. The summed E-state index contributed by atoms with van der Waals surface area (Å²) in [5.74, 6) is -2.69. The molecule has 6 nitrogen and oxygen atoms in total. The highest BCUT2D eigenvalue weighted by molar-refractivity contribution is 6.05. The lowest BCUT2D eigenvalue weighted by Crippen LogP contribution is -2.61. The number of Topliss-reactive ketones (excluding diaryl/α,β-unsaturated/α-hetero) is 1. The van der Waals surface area contributed by atoms with E-state index >= 15 is 0 Å². The third kappa shape index (κ3) is 2.03. The monoisotopic (exact) mass is 388 g/mol. The molecule has 0 aromatic rings. The van der Waals surface area contributed by atoms with Crippen LogP contribution in [0.2, 0.25) is 0 Å².